The molecule has 2 aromatic heterocycles. The molecule has 0 atom stereocenters. The number of hydrogen-bond donors (Lipinski definition) is 2. The molecule has 2 heterocycles. The molecule has 2 rings (SSSR count). The lowest BCUT2D eigenvalue weighted by atomic mass is 10.3. The van der Waals surface area contributed by atoms with Crippen molar-refractivity contribution < 1.29 is 0 Å². The highest BCUT2D eigenvalue weighted by Gasteiger charge is 2.11. The van der Waals surface area contributed by atoms with Crippen LogP contribution in [0.5, 0.6) is 0 Å². The summed E-state index contributed by atoms with van der Waals surface area (Å²) in [7, 11) is 0. The fourth-order valence-electron chi connectivity index (χ4n) is 1.95. The van der Waals surface area contributed by atoms with Crippen LogP contribution in [0.2, 0.25) is 4.34 Å². The molecular formula is C13H19ClN4S. The van der Waals surface area contributed by atoms with E-state index < -0.39 is 0 Å². The summed E-state index contributed by atoms with van der Waals surface area (Å²) in [5.41, 5.74) is 7.69. The molecule has 19 heavy (non-hydrogen) atoms. The zero-order valence-electron chi connectivity index (χ0n) is 11.2. The highest BCUT2D eigenvalue weighted by molar-refractivity contribution is 7.16. The number of halogens is 1. The smallest absolute Gasteiger partial charge is 0.148 e. The summed E-state index contributed by atoms with van der Waals surface area (Å²) in [5, 5.41) is 7.82. The molecule has 0 aliphatic heterocycles. The molecule has 0 aliphatic rings. The van der Waals surface area contributed by atoms with E-state index in [9.17, 15) is 0 Å². The number of nitrogens with zero attached hydrogens (tertiary/aromatic N) is 2. The van der Waals surface area contributed by atoms with Crippen molar-refractivity contribution in [3.8, 4) is 0 Å². The first-order chi connectivity index (χ1) is 9.11. The normalized spacial score (nSPS) is 10.9. The fourth-order valence-corrected chi connectivity index (χ4v) is 3.03. The van der Waals surface area contributed by atoms with E-state index >= 15 is 0 Å². The summed E-state index contributed by atoms with van der Waals surface area (Å²) in [6, 6.07) is 3.99. The topological polar surface area (TPSA) is 55.9 Å². The molecule has 6 heteroatoms. The Kier molecular flexibility index (Phi) is 4.71. The SMILES string of the molecule is CCCn1nc(C)c(N)c1NCCc1ccc(Cl)s1. The Morgan fingerprint density at radius 2 is 2.26 bits per heavy atom. The van der Waals surface area contributed by atoms with Crippen LogP contribution < -0.4 is 11.1 Å². The molecule has 0 saturated carbocycles. The van der Waals surface area contributed by atoms with Crippen LogP contribution in [-0.4, -0.2) is 16.3 Å². The van der Waals surface area contributed by atoms with Crippen molar-refractivity contribution in [1.29, 1.82) is 0 Å². The quantitative estimate of drug-likeness (QED) is 0.857. The van der Waals surface area contributed by atoms with Gasteiger partial charge in [0.25, 0.3) is 0 Å². The first-order valence-electron chi connectivity index (χ1n) is 6.42. The van der Waals surface area contributed by atoms with Crippen LogP contribution in [0, 0.1) is 6.92 Å². The third kappa shape index (κ3) is 3.42. The third-order valence-electron chi connectivity index (χ3n) is 2.90. The monoisotopic (exact) mass is 298 g/mol. The highest BCUT2D eigenvalue weighted by atomic mass is 35.5. The molecule has 3 N–H and O–H groups in total. The van der Waals surface area contributed by atoms with E-state index in [4.69, 9.17) is 17.3 Å². The number of hydrogen-bond acceptors (Lipinski definition) is 4. The predicted octanol–water partition coefficient (Wildman–Crippen LogP) is 3.55. The van der Waals surface area contributed by atoms with Gasteiger partial charge < -0.3 is 11.1 Å². The number of rotatable bonds is 6. The first kappa shape index (κ1) is 14.2. The Hall–Kier alpha value is -1.20. The van der Waals surface area contributed by atoms with E-state index in [1.54, 1.807) is 11.3 Å². The molecule has 0 spiro atoms. The average Bonchev–Trinajstić information content (AvgIpc) is 2.89. The molecule has 0 amide bonds. The minimum atomic E-state index is 0.748. The van der Waals surface area contributed by atoms with E-state index in [2.05, 4.69) is 23.4 Å². The molecule has 0 fully saturated rings. The summed E-state index contributed by atoms with van der Waals surface area (Å²) in [6.07, 6.45) is 1.98. The number of anilines is 2. The zero-order valence-corrected chi connectivity index (χ0v) is 12.8. The average molecular weight is 299 g/mol. The molecule has 2 aromatic rings. The van der Waals surface area contributed by atoms with Crippen molar-refractivity contribution >= 4 is 34.4 Å². The van der Waals surface area contributed by atoms with Gasteiger partial charge in [0.15, 0.2) is 0 Å². The van der Waals surface area contributed by atoms with Crippen molar-refractivity contribution in [3.05, 3.63) is 27.0 Å². The van der Waals surface area contributed by atoms with E-state index in [1.165, 1.54) is 4.88 Å². The summed E-state index contributed by atoms with van der Waals surface area (Å²) in [6.45, 7) is 5.78. The molecule has 4 nitrogen and oxygen atoms in total. The summed E-state index contributed by atoms with van der Waals surface area (Å²) in [4.78, 5) is 1.27. The largest absolute Gasteiger partial charge is 0.394 e. The van der Waals surface area contributed by atoms with Crippen molar-refractivity contribution in [2.24, 2.45) is 0 Å². The van der Waals surface area contributed by atoms with Gasteiger partial charge in [-0.25, -0.2) is 4.68 Å². The van der Waals surface area contributed by atoms with Crippen LogP contribution in [0.4, 0.5) is 11.5 Å². The van der Waals surface area contributed by atoms with E-state index in [-0.39, 0.29) is 0 Å². The van der Waals surface area contributed by atoms with Crippen LogP contribution >= 0.6 is 22.9 Å². The molecular weight excluding hydrogens is 280 g/mol. The van der Waals surface area contributed by atoms with Gasteiger partial charge in [-0.2, -0.15) is 5.10 Å². The van der Waals surface area contributed by atoms with E-state index in [1.807, 2.05) is 17.7 Å². The van der Waals surface area contributed by atoms with Crippen LogP contribution in [0.1, 0.15) is 23.9 Å². The van der Waals surface area contributed by atoms with Crippen LogP contribution in [0.15, 0.2) is 12.1 Å². The lowest BCUT2D eigenvalue weighted by Gasteiger charge is -2.09. The van der Waals surface area contributed by atoms with Gasteiger partial charge in [-0.3, -0.25) is 0 Å². The second-order valence-electron chi connectivity index (χ2n) is 4.45. The number of nitrogens with one attached hydrogen (secondary N) is 1. The summed E-state index contributed by atoms with van der Waals surface area (Å²) in [5.74, 6) is 0.932. The van der Waals surface area contributed by atoms with Crippen LogP contribution in [0.25, 0.3) is 0 Å². The van der Waals surface area contributed by atoms with Gasteiger partial charge in [0.1, 0.15) is 5.82 Å². The minimum Gasteiger partial charge on any atom is -0.394 e. The lowest BCUT2D eigenvalue weighted by Crippen LogP contribution is -2.11. The summed E-state index contributed by atoms with van der Waals surface area (Å²) >= 11 is 7.53. The molecule has 0 aliphatic carbocycles. The Labute approximate surface area is 122 Å². The van der Waals surface area contributed by atoms with Crippen LogP contribution in [0.3, 0.4) is 0 Å². The summed E-state index contributed by atoms with van der Waals surface area (Å²) < 4.78 is 2.79. The molecule has 0 aromatic carbocycles. The first-order valence-corrected chi connectivity index (χ1v) is 7.62. The van der Waals surface area contributed by atoms with Gasteiger partial charge >= 0.3 is 0 Å². The number of nitrogen functional groups attached to an aromatic ring is 1. The zero-order chi connectivity index (χ0) is 13.8. The maximum absolute atomic E-state index is 6.05. The number of nitrogens with two attached hydrogens (primary N) is 1. The second kappa shape index (κ2) is 6.30. The Morgan fingerprint density at radius 3 is 2.89 bits per heavy atom. The van der Waals surface area contributed by atoms with Crippen molar-refractivity contribution in [3.63, 3.8) is 0 Å². The maximum Gasteiger partial charge on any atom is 0.148 e. The van der Waals surface area contributed by atoms with Gasteiger partial charge in [0.05, 0.1) is 15.7 Å². The van der Waals surface area contributed by atoms with Crippen molar-refractivity contribution in [2.75, 3.05) is 17.6 Å². The molecule has 104 valence electrons. The Balaban J connectivity index is 1.98. The predicted molar refractivity (Wildman–Crippen MR) is 83.2 cm³/mol. The molecule has 0 radical (unpaired) electrons. The number of thiophene rings is 1. The standard InChI is InChI=1S/C13H19ClN4S/c1-3-8-18-13(12(15)9(2)17-18)16-7-6-10-4-5-11(14)19-10/h4-5,16H,3,6-8,15H2,1-2H3. The highest BCUT2D eigenvalue weighted by Crippen LogP contribution is 2.24. The Morgan fingerprint density at radius 1 is 1.47 bits per heavy atom. The van der Waals surface area contributed by atoms with Crippen molar-refractivity contribution in [2.45, 2.75) is 33.2 Å². The van der Waals surface area contributed by atoms with Crippen LogP contribution in [-0.2, 0) is 13.0 Å². The molecule has 0 unspecified atom stereocenters. The number of aromatic nitrogens is 2. The Bertz CT molecular complexity index is 547. The lowest BCUT2D eigenvalue weighted by molar-refractivity contribution is 0.603. The van der Waals surface area contributed by atoms with Gasteiger partial charge in [-0.15, -0.1) is 11.3 Å². The minimum absolute atomic E-state index is 0.748. The van der Waals surface area contributed by atoms with E-state index in [0.717, 1.165) is 47.5 Å². The van der Waals surface area contributed by atoms with Gasteiger partial charge in [-0.1, -0.05) is 18.5 Å². The van der Waals surface area contributed by atoms with Gasteiger partial charge in [-0.05, 0) is 31.9 Å². The molecule has 0 saturated heterocycles. The molecule has 0 bridgehead atoms. The second-order valence-corrected chi connectivity index (χ2v) is 6.25. The number of aryl methyl sites for hydroxylation is 2. The van der Waals surface area contributed by atoms with Crippen molar-refractivity contribution in [1.82, 2.24) is 9.78 Å². The fraction of sp³-hybridized carbons (Fsp3) is 0.462. The van der Waals surface area contributed by atoms with E-state index in [0.29, 0.717) is 0 Å². The van der Waals surface area contributed by atoms with Gasteiger partial charge in [0, 0.05) is 18.0 Å². The third-order valence-corrected chi connectivity index (χ3v) is 4.19. The maximum atomic E-state index is 6.05. The van der Waals surface area contributed by atoms with Gasteiger partial charge in [0.2, 0.25) is 0 Å².